The number of aliphatic imine (C=N–C) groups is 1. The van der Waals surface area contributed by atoms with Crippen LogP contribution >= 0.6 is 0 Å². The second-order valence-corrected chi connectivity index (χ2v) is 7.10. The van der Waals surface area contributed by atoms with Crippen LogP contribution in [0.4, 0.5) is 0 Å². The highest BCUT2D eigenvalue weighted by Gasteiger charge is 2.25. The predicted molar refractivity (Wildman–Crippen MR) is 112 cm³/mol. The van der Waals surface area contributed by atoms with Crippen LogP contribution in [0.3, 0.4) is 0 Å². The Labute approximate surface area is 168 Å². The van der Waals surface area contributed by atoms with Gasteiger partial charge in [0.2, 0.25) is 0 Å². The zero-order valence-electron chi connectivity index (χ0n) is 17.0. The molecule has 0 bridgehead atoms. The van der Waals surface area contributed by atoms with Gasteiger partial charge >= 0.3 is 0 Å². The summed E-state index contributed by atoms with van der Waals surface area (Å²) in [5.41, 5.74) is 2.34. The van der Waals surface area contributed by atoms with E-state index < -0.39 is 0 Å². The summed E-state index contributed by atoms with van der Waals surface area (Å²) in [7, 11) is 1.72. The Morgan fingerprint density at radius 1 is 1.18 bits per heavy atom. The maximum Gasteiger partial charge on any atom is 0.191 e. The first-order valence-electron chi connectivity index (χ1n) is 10.2. The molecule has 1 aliphatic rings. The molecule has 2 aromatic rings. The minimum Gasteiger partial charge on any atom is -0.468 e. The van der Waals surface area contributed by atoms with Gasteiger partial charge in [0.05, 0.1) is 25.5 Å². The molecule has 1 saturated heterocycles. The Morgan fingerprint density at radius 3 is 2.71 bits per heavy atom. The normalized spacial score (nSPS) is 16.3. The van der Waals surface area contributed by atoms with E-state index in [1.165, 1.54) is 24.0 Å². The molecule has 1 fully saturated rings. The molecule has 2 heterocycles. The molecule has 1 aliphatic heterocycles. The lowest BCUT2D eigenvalue weighted by Gasteiger charge is -2.26. The van der Waals surface area contributed by atoms with Gasteiger partial charge in [-0.15, -0.1) is 0 Å². The third-order valence-corrected chi connectivity index (χ3v) is 4.98. The molecular formula is C22H32N4O2. The van der Waals surface area contributed by atoms with E-state index >= 15 is 0 Å². The fourth-order valence-electron chi connectivity index (χ4n) is 3.63. The van der Waals surface area contributed by atoms with Crippen molar-refractivity contribution in [3.05, 3.63) is 59.5 Å². The van der Waals surface area contributed by atoms with Crippen LogP contribution in [-0.4, -0.2) is 44.1 Å². The van der Waals surface area contributed by atoms with Gasteiger partial charge in [-0.2, -0.15) is 0 Å². The molecule has 28 heavy (non-hydrogen) atoms. The topological polar surface area (TPSA) is 62.0 Å². The predicted octanol–water partition coefficient (Wildman–Crippen LogP) is 3.32. The highest BCUT2D eigenvalue weighted by atomic mass is 16.5. The summed E-state index contributed by atoms with van der Waals surface area (Å²) >= 11 is 0. The third kappa shape index (κ3) is 5.84. The van der Waals surface area contributed by atoms with Crippen molar-refractivity contribution in [2.75, 3.05) is 33.3 Å². The number of benzene rings is 1. The molecule has 0 amide bonds. The van der Waals surface area contributed by atoms with E-state index in [4.69, 9.17) is 14.1 Å². The highest BCUT2D eigenvalue weighted by molar-refractivity contribution is 5.79. The molecule has 152 valence electrons. The van der Waals surface area contributed by atoms with Crippen molar-refractivity contribution >= 4 is 5.96 Å². The van der Waals surface area contributed by atoms with Crippen LogP contribution in [0.1, 0.15) is 42.7 Å². The molecule has 1 aromatic heterocycles. The maximum absolute atomic E-state index is 5.71. The Balaban J connectivity index is 1.64. The van der Waals surface area contributed by atoms with Crippen LogP contribution in [0, 0.1) is 0 Å². The molecule has 0 saturated carbocycles. The van der Waals surface area contributed by atoms with Gasteiger partial charge < -0.3 is 19.8 Å². The number of nitrogens with one attached hydrogen (secondary N) is 2. The average molecular weight is 385 g/mol. The van der Waals surface area contributed by atoms with E-state index in [1.54, 1.807) is 13.4 Å². The van der Waals surface area contributed by atoms with Crippen LogP contribution in [-0.2, 0) is 17.9 Å². The van der Waals surface area contributed by atoms with Crippen LogP contribution < -0.4 is 10.6 Å². The van der Waals surface area contributed by atoms with Crippen molar-refractivity contribution in [3.63, 3.8) is 0 Å². The van der Waals surface area contributed by atoms with E-state index in [1.807, 2.05) is 6.07 Å². The number of hydrogen-bond acceptors (Lipinski definition) is 4. The molecule has 0 spiro atoms. The molecule has 1 unspecified atom stereocenters. The van der Waals surface area contributed by atoms with Gasteiger partial charge in [0, 0.05) is 20.2 Å². The Hall–Kier alpha value is -2.31. The lowest BCUT2D eigenvalue weighted by molar-refractivity contribution is 0.185. The maximum atomic E-state index is 5.71. The molecule has 0 aliphatic carbocycles. The minimum absolute atomic E-state index is 0.228. The van der Waals surface area contributed by atoms with Crippen molar-refractivity contribution in [3.8, 4) is 0 Å². The van der Waals surface area contributed by atoms with Gasteiger partial charge in [0.15, 0.2) is 5.96 Å². The standard InChI is InChI=1S/C22H32N4O2/c1-3-23-22(24-15-18-8-6-9-19(14-18)17-27-2)25-16-20(21-10-7-13-28-21)26-11-4-5-12-26/h6-10,13-14,20H,3-5,11-12,15-17H2,1-2H3,(H2,23,24,25). The molecule has 3 rings (SSSR count). The fraction of sp³-hybridized carbons (Fsp3) is 0.500. The van der Waals surface area contributed by atoms with Gasteiger partial charge in [0.1, 0.15) is 5.76 Å². The highest BCUT2D eigenvalue weighted by Crippen LogP contribution is 2.24. The summed E-state index contributed by atoms with van der Waals surface area (Å²) in [5, 5.41) is 6.86. The van der Waals surface area contributed by atoms with E-state index in [0.717, 1.165) is 37.9 Å². The lowest BCUT2D eigenvalue weighted by atomic mass is 10.1. The fourth-order valence-corrected chi connectivity index (χ4v) is 3.63. The van der Waals surface area contributed by atoms with E-state index in [0.29, 0.717) is 13.2 Å². The molecule has 0 radical (unpaired) electrons. The average Bonchev–Trinajstić information content (AvgIpc) is 3.41. The van der Waals surface area contributed by atoms with E-state index in [-0.39, 0.29) is 6.04 Å². The van der Waals surface area contributed by atoms with Gasteiger partial charge in [-0.05, 0) is 56.1 Å². The molecule has 6 nitrogen and oxygen atoms in total. The second-order valence-electron chi connectivity index (χ2n) is 7.10. The molecule has 2 N–H and O–H groups in total. The first-order chi connectivity index (χ1) is 13.8. The summed E-state index contributed by atoms with van der Waals surface area (Å²) in [6.45, 7) is 7.16. The lowest BCUT2D eigenvalue weighted by Crippen LogP contribution is -2.42. The quantitative estimate of drug-likeness (QED) is 0.513. The van der Waals surface area contributed by atoms with E-state index in [2.05, 4.69) is 52.8 Å². The number of ether oxygens (including phenoxy) is 1. The number of hydrogen-bond donors (Lipinski definition) is 2. The second kappa shape index (κ2) is 10.9. The Morgan fingerprint density at radius 2 is 2.00 bits per heavy atom. The molecule has 6 heteroatoms. The third-order valence-electron chi connectivity index (χ3n) is 4.98. The van der Waals surface area contributed by atoms with Gasteiger partial charge in [-0.3, -0.25) is 4.90 Å². The summed E-state index contributed by atoms with van der Waals surface area (Å²) in [5.74, 6) is 1.84. The van der Waals surface area contributed by atoms with Gasteiger partial charge in [-0.1, -0.05) is 24.3 Å². The van der Waals surface area contributed by atoms with Gasteiger partial charge in [0.25, 0.3) is 0 Å². The monoisotopic (exact) mass is 384 g/mol. The molecule has 1 aromatic carbocycles. The van der Waals surface area contributed by atoms with Gasteiger partial charge in [-0.25, -0.2) is 4.99 Å². The van der Waals surface area contributed by atoms with Crippen molar-refractivity contribution in [1.29, 1.82) is 0 Å². The summed E-state index contributed by atoms with van der Waals surface area (Å²) in [6, 6.07) is 12.6. The minimum atomic E-state index is 0.228. The zero-order chi connectivity index (χ0) is 19.6. The number of guanidine groups is 1. The molecule has 1 atom stereocenters. The number of rotatable bonds is 9. The number of methoxy groups -OCH3 is 1. The first-order valence-corrected chi connectivity index (χ1v) is 10.2. The number of likely N-dealkylation sites (tertiary alicyclic amines) is 1. The van der Waals surface area contributed by atoms with Crippen LogP contribution in [0.2, 0.25) is 0 Å². The van der Waals surface area contributed by atoms with Crippen LogP contribution in [0.15, 0.2) is 52.1 Å². The Kier molecular flexibility index (Phi) is 7.94. The van der Waals surface area contributed by atoms with Crippen molar-refractivity contribution in [1.82, 2.24) is 15.5 Å². The van der Waals surface area contributed by atoms with Crippen molar-refractivity contribution < 1.29 is 9.15 Å². The van der Waals surface area contributed by atoms with Crippen LogP contribution in [0.5, 0.6) is 0 Å². The summed E-state index contributed by atoms with van der Waals surface area (Å²) in [4.78, 5) is 7.26. The number of furan rings is 1. The van der Waals surface area contributed by atoms with Crippen molar-refractivity contribution in [2.45, 2.75) is 39.0 Å². The Bertz CT molecular complexity index is 724. The summed E-state index contributed by atoms with van der Waals surface area (Å²) in [6.07, 6.45) is 4.26. The number of nitrogens with zero attached hydrogens (tertiary/aromatic N) is 2. The molecular weight excluding hydrogens is 352 g/mol. The first kappa shape index (κ1) is 20.4. The summed E-state index contributed by atoms with van der Waals surface area (Å²) < 4.78 is 10.9. The van der Waals surface area contributed by atoms with Crippen LogP contribution in [0.25, 0.3) is 0 Å². The van der Waals surface area contributed by atoms with E-state index in [9.17, 15) is 0 Å². The SMILES string of the molecule is CCNC(=NCc1cccc(COC)c1)NCC(c1ccco1)N1CCCC1. The largest absolute Gasteiger partial charge is 0.468 e. The smallest absolute Gasteiger partial charge is 0.191 e. The zero-order valence-corrected chi connectivity index (χ0v) is 17.0. The van der Waals surface area contributed by atoms with Crippen molar-refractivity contribution in [2.24, 2.45) is 4.99 Å².